The lowest BCUT2D eigenvalue weighted by atomic mass is 10.1. The van der Waals surface area contributed by atoms with Gasteiger partial charge >= 0.3 is 0 Å². The van der Waals surface area contributed by atoms with Crippen molar-refractivity contribution in [3.8, 4) is 6.07 Å². The van der Waals surface area contributed by atoms with E-state index in [9.17, 15) is 4.79 Å². The van der Waals surface area contributed by atoms with Crippen molar-refractivity contribution in [3.05, 3.63) is 41.0 Å². The lowest BCUT2D eigenvalue weighted by molar-refractivity contribution is -0.105. The van der Waals surface area contributed by atoms with E-state index < -0.39 is 0 Å². The number of hydrogen-bond donors (Lipinski definition) is 0. The normalized spacial score (nSPS) is 10.8. The third-order valence-corrected chi connectivity index (χ3v) is 1.83. The van der Waals surface area contributed by atoms with Crippen molar-refractivity contribution in [1.29, 1.82) is 5.26 Å². The molecule has 3 heteroatoms. The zero-order valence-corrected chi connectivity index (χ0v) is 8.43. The number of hydrogen-bond acceptors (Lipinski definition) is 3. The van der Waals surface area contributed by atoms with Gasteiger partial charge in [-0.05, 0) is 23.8 Å². The molecule has 0 aliphatic heterocycles. The molecular formula is C12H11NO2. The maximum Gasteiger partial charge on any atom is 0.148 e. The second-order valence-corrected chi connectivity index (χ2v) is 3.01. The van der Waals surface area contributed by atoms with E-state index in [1.54, 1.807) is 24.3 Å². The summed E-state index contributed by atoms with van der Waals surface area (Å²) in [5, 5.41) is 8.69. The van der Waals surface area contributed by atoms with Crippen molar-refractivity contribution in [2.24, 2.45) is 0 Å². The van der Waals surface area contributed by atoms with E-state index in [0.717, 1.165) is 11.8 Å². The van der Waals surface area contributed by atoms with E-state index in [1.807, 2.05) is 12.1 Å². The quantitative estimate of drug-likeness (QED) is 0.551. The lowest BCUT2D eigenvalue weighted by Gasteiger charge is -1.98. The summed E-state index contributed by atoms with van der Waals surface area (Å²) in [7, 11) is 1.53. The van der Waals surface area contributed by atoms with Crippen LogP contribution in [0.1, 0.15) is 11.1 Å². The van der Waals surface area contributed by atoms with Crippen LogP contribution in [0.3, 0.4) is 0 Å². The molecule has 0 saturated heterocycles. The molecule has 0 fully saturated rings. The van der Waals surface area contributed by atoms with Crippen LogP contribution in [0.15, 0.2) is 29.8 Å². The summed E-state index contributed by atoms with van der Waals surface area (Å²) in [5.41, 5.74) is 1.95. The second-order valence-electron chi connectivity index (χ2n) is 3.01. The number of ether oxygens (including phenoxy) is 1. The Hall–Kier alpha value is -1.92. The molecule has 0 unspecified atom stereocenters. The van der Waals surface area contributed by atoms with Gasteiger partial charge in [0.05, 0.1) is 18.2 Å². The van der Waals surface area contributed by atoms with Crippen molar-refractivity contribution in [2.45, 2.75) is 0 Å². The molecule has 1 aromatic carbocycles. The zero-order chi connectivity index (χ0) is 11.1. The highest BCUT2D eigenvalue weighted by Gasteiger charge is 1.96. The van der Waals surface area contributed by atoms with Crippen molar-refractivity contribution >= 4 is 12.4 Å². The van der Waals surface area contributed by atoms with Gasteiger partial charge in [0.1, 0.15) is 6.29 Å². The van der Waals surface area contributed by atoms with E-state index in [1.165, 1.54) is 7.11 Å². The fourth-order valence-electron chi connectivity index (χ4n) is 1.19. The van der Waals surface area contributed by atoms with Gasteiger partial charge in [-0.2, -0.15) is 5.26 Å². The van der Waals surface area contributed by atoms with Crippen LogP contribution in [-0.4, -0.2) is 20.0 Å². The number of rotatable bonds is 4. The topological polar surface area (TPSA) is 50.1 Å². The Bertz CT molecular complexity index is 416. The molecule has 0 saturated carbocycles. The molecule has 0 N–H and O–H groups in total. The Labute approximate surface area is 88.6 Å². The fourth-order valence-corrected chi connectivity index (χ4v) is 1.19. The van der Waals surface area contributed by atoms with Gasteiger partial charge < -0.3 is 4.74 Å². The van der Waals surface area contributed by atoms with Crippen molar-refractivity contribution in [2.75, 3.05) is 13.7 Å². The molecule has 0 aromatic heterocycles. The van der Waals surface area contributed by atoms with E-state index in [0.29, 0.717) is 11.1 Å². The average molecular weight is 201 g/mol. The molecule has 1 rings (SSSR count). The smallest absolute Gasteiger partial charge is 0.148 e. The Balaban J connectivity index is 2.96. The summed E-state index contributed by atoms with van der Waals surface area (Å²) < 4.78 is 4.86. The van der Waals surface area contributed by atoms with E-state index >= 15 is 0 Å². The number of benzene rings is 1. The highest BCUT2D eigenvalue weighted by atomic mass is 16.5. The monoisotopic (exact) mass is 201 g/mol. The molecule has 0 amide bonds. The molecule has 0 aliphatic carbocycles. The summed E-state index contributed by atoms with van der Waals surface area (Å²) in [6.07, 6.45) is 2.46. The van der Waals surface area contributed by atoms with Crippen LogP contribution in [0.4, 0.5) is 0 Å². The summed E-state index contributed by atoms with van der Waals surface area (Å²) in [5.74, 6) is 0. The van der Waals surface area contributed by atoms with Crippen LogP contribution >= 0.6 is 0 Å². The Morgan fingerprint density at radius 1 is 1.60 bits per heavy atom. The first kappa shape index (κ1) is 11.2. The molecular weight excluding hydrogens is 190 g/mol. The van der Waals surface area contributed by atoms with Gasteiger partial charge in [0.25, 0.3) is 0 Å². The summed E-state index contributed by atoms with van der Waals surface area (Å²) >= 11 is 0. The highest BCUT2D eigenvalue weighted by molar-refractivity contribution is 5.82. The molecule has 0 heterocycles. The maximum atomic E-state index is 10.6. The second kappa shape index (κ2) is 5.74. The highest BCUT2D eigenvalue weighted by Crippen LogP contribution is 2.08. The summed E-state index contributed by atoms with van der Waals surface area (Å²) in [6.45, 7) is 0.278. The SMILES string of the molecule is COC/C(C=O)=C\c1cccc(C#N)c1. The number of nitriles is 1. The maximum absolute atomic E-state index is 10.6. The Morgan fingerprint density at radius 3 is 3.00 bits per heavy atom. The van der Waals surface area contributed by atoms with Gasteiger partial charge in [0.15, 0.2) is 0 Å². The lowest BCUT2D eigenvalue weighted by Crippen LogP contribution is -1.95. The minimum Gasteiger partial charge on any atom is -0.380 e. The van der Waals surface area contributed by atoms with Crippen LogP contribution < -0.4 is 0 Å². The third-order valence-electron chi connectivity index (χ3n) is 1.83. The summed E-state index contributed by atoms with van der Waals surface area (Å²) in [6, 6.07) is 9.09. The first-order valence-electron chi connectivity index (χ1n) is 4.45. The third kappa shape index (κ3) is 3.37. The van der Waals surface area contributed by atoms with Crippen LogP contribution in [0.5, 0.6) is 0 Å². The number of nitrogens with zero attached hydrogens (tertiary/aromatic N) is 1. The molecule has 15 heavy (non-hydrogen) atoms. The Kier molecular flexibility index (Phi) is 4.27. The molecule has 0 aliphatic rings. The minimum atomic E-state index is 0.278. The van der Waals surface area contributed by atoms with Gasteiger partial charge in [-0.15, -0.1) is 0 Å². The molecule has 0 spiro atoms. The Morgan fingerprint density at radius 2 is 2.40 bits per heavy atom. The number of carbonyl (C=O) groups is 1. The van der Waals surface area contributed by atoms with Crippen LogP contribution in [0.25, 0.3) is 6.08 Å². The molecule has 0 bridgehead atoms. The average Bonchev–Trinajstić information content (AvgIpc) is 2.29. The molecule has 76 valence electrons. The zero-order valence-electron chi connectivity index (χ0n) is 8.43. The van der Waals surface area contributed by atoms with Crippen molar-refractivity contribution in [3.63, 3.8) is 0 Å². The van der Waals surface area contributed by atoms with Crippen LogP contribution in [-0.2, 0) is 9.53 Å². The van der Waals surface area contributed by atoms with Crippen molar-refractivity contribution < 1.29 is 9.53 Å². The van der Waals surface area contributed by atoms with Crippen molar-refractivity contribution in [1.82, 2.24) is 0 Å². The largest absolute Gasteiger partial charge is 0.380 e. The van der Waals surface area contributed by atoms with E-state index in [4.69, 9.17) is 10.00 Å². The van der Waals surface area contributed by atoms with Crippen LogP contribution in [0.2, 0.25) is 0 Å². The van der Waals surface area contributed by atoms with Gasteiger partial charge in [0, 0.05) is 12.7 Å². The fraction of sp³-hybridized carbons (Fsp3) is 0.167. The summed E-state index contributed by atoms with van der Waals surface area (Å²) in [4.78, 5) is 10.6. The van der Waals surface area contributed by atoms with Gasteiger partial charge in [-0.1, -0.05) is 12.1 Å². The number of methoxy groups -OCH3 is 1. The van der Waals surface area contributed by atoms with Gasteiger partial charge in [-0.3, -0.25) is 4.79 Å². The first-order chi connectivity index (χ1) is 7.30. The molecule has 3 nitrogen and oxygen atoms in total. The van der Waals surface area contributed by atoms with Gasteiger partial charge in [0.2, 0.25) is 0 Å². The molecule has 0 radical (unpaired) electrons. The van der Waals surface area contributed by atoms with Crippen LogP contribution in [0, 0.1) is 11.3 Å². The number of aldehydes is 1. The van der Waals surface area contributed by atoms with E-state index in [-0.39, 0.29) is 6.61 Å². The first-order valence-corrected chi connectivity index (χ1v) is 4.45. The predicted molar refractivity (Wildman–Crippen MR) is 57.1 cm³/mol. The molecule has 1 aromatic rings. The standard InChI is InChI=1S/C12H11NO2/c1-15-9-12(8-14)6-10-3-2-4-11(5-10)7-13/h2-6,8H,9H2,1H3/b12-6-. The number of carbonyl (C=O) groups excluding carboxylic acids is 1. The van der Waals surface area contributed by atoms with Gasteiger partial charge in [-0.25, -0.2) is 0 Å². The predicted octanol–water partition coefficient (Wildman–Crippen LogP) is 1.79. The van der Waals surface area contributed by atoms with E-state index in [2.05, 4.69) is 0 Å². The minimum absolute atomic E-state index is 0.278. The molecule has 0 atom stereocenters.